The molecule has 1 aromatic carbocycles. The first-order valence-corrected chi connectivity index (χ1v) is 6.81. The second-order valence-electron chi connectivity index (χ2n) is 5.25. The molecule has 0 amide bonds. The third kappa shape index (κ3) is 3.55. The minimum absolute atomic E-state index is 0.0866. The third-order valence-corrected chi connectivity index (χ3v) is 3.73. The van der Waals surface area contributed by atoms with Crippen molar-refractivity contribution in [2.75, 3.05) is 6.61 Å². The van der Waals surface area contributed by atoms with Gasteiger partial charge in [-0.1, -0.05) is 24.3 Å². The van der Waals surface area contributed by atoms with Gasteiger partial charge >= 0.3 is 0 Å². The van der Waals surface area contributed by atoms with Gasteiger partial charge in [0, 0.05) is 18.7 Å². The molecule has 0 heterocycles. The molecule has 100 valence electrons. The van der Waals surface area contributed by atoms with Crippen molar-refractivity contribution in [1.29, 1.82) is 0 Å². The summed E-state index contributed by atoms with van der Waals surface area (Å²) in [5, 5.41) is 21.9. The van der Waals surface area contributed by atoms with Crippen LogP contribution in [0.15, 0.2) is 24.3 Å². The summed E-state index contributed by atoms with van der Waals surface area (Å²) in [5.41, 5.74) is 2.15. The fourth-order valence-electron chi connectivity index (χ4n) is 2.47. The number of aliphatic hydroxyl groups is 2. The largest absolute Gasteiger partial charge is 0.396 e. The van der Waals surface area contributed by atoms with Crippen LogP contribution < -0.4 is 5.32 Å². The Labute approximate surface area is 109 Å². The zero-order valence-electron chi connectivity index (χ0n) is 11.0. The van der Waals surface area contributed by atoms with E-state index in [1.165, 1.54) is 18.4 Å². The molecule has 0 radical (unpaired) electrons. The van der Waals surface area contributed by atoms with E-state index in [2.05, 4.69) is 18.3 Å². The molecule has 1 fully saturated rings. The van der Waals surface area contributed by atoms with Gasteiger partial charge in [-0.2, -0.15) is 0 Å². The number of rotatable bonds is 7. The lowest BCUT2D eigenvalue weighted by Crippen LogP contribution is -2.34. The molecule has 1 aliphatic carbocycles. The maximum absolute atomic E-state index is 9.15. The van der Waals surface area contributed by atoms with Gasteiger partial charge < -0.3 is 15.5 Å². The van der Waals surface area contributed by atoms with E-state index in [9.17, 15) is 0 Å². The lowest BCUT2D eigenvalue weighted by molar-refractivity contribution is 0.250. The van der Waals surface area contributed by atoms with Crippen LogP contribution in [0.5, 0.6) is 0 Å². The topological polar surface area (TPSA) is 52.5 Å². The van der Waals surface area contributed by atoms with Crippen molar-refractivity contribution in [3.63, 3.8) is 0 Å². The summed E-state index contributed by atoms with van der Waals surface area (Å²) >= 11 is 0. The average Bonchev–Trinajstić information content (AvgIpc) is 3.22. The highest BCUT2D eigenvalue weighted by Gasteiger charge is 2.31. The standard InChI is InChI=1S/C15H23NO2/c1-11(14-4-2-3-12(9-14)10-18)16-15(7-8-17)13-5-6-13/h2-4,9,11,13,15-18H,5-8,10H2,1H3. The first-order valence-electron chi connectivity index (χ1n) is 6.81. The normalized spacial score (nSPS) is 18.6. The van der Waals surface area contributed by atoms with E-state index in [1.807, 2.05) is 18.2 Å². The van der Waals surface area contributed by atoms with Gasteiger partial charge in [0.1, 0.15) is 0 Å². The van der Waals surface area contributed by atoms with E-state index in [0.29, 0.717) is 6.04 Å². The maximum Gasteiger partial charge on any atom is 0.0681 e. The molecule has 1 aromatic rings. The molecule has 3 heteroatoms. The van der Waals surface area contributed by atoms with Crippen LogP contribution in [0.4, 0.5) is 0 Å². The molecule has 2 rings (SSSR count). The molecule has 2 atom stereocenters. The van der Waals surface area contributed by atoms with Crippen LogP contribution in [0.3, 0.4) is 0 Å². The molecular weight excluding hydrogens is 226 g/mol. The van der Waals surface area contributed by atoms with Gasteiger partial charge in [-0.3, -0.25) is 0 Å². The van der Waals surface area contributed by atoms with Gasteiger partial charge in [0.25, 0.3) is 0 Å². The zero-order chi connectivity index (χ0) is 13.0. The van der Waals surface area contributed by atoms with Crippen molar-refractivity contribution in [1.82, 2.24) is 5.32 Å². The summed E-state index contributed by atoms with van der Waals surface area (Å²) in [6, 6.07) is 8.72. The Morgan fingerprint density at radius 3 is 2.72 bits per heavy atom. The molecule has 0 saturated heterocycles. The first kappa shape index (κ1) is 13.5. The molecule has 1 saturated carbocycles. The number of nitrogens with one attached hydrogen (secondary N) is 1. The van der Waals surface area contributed by atoms with Gasteiger partial charge in [-0.05, 0) is 43.2 Å². The Morgan fingerprint density at radius 1 is 1.33 bits per heavy atom. The molecular formula is C15H23NO2. The predicted molar refractivity (Wildman–Crippen MR) is 72.1 cm³/mol. The second-order valence-corrected chi connectivity index (χ2v) is 5.25. The van der Waals surface area contributed by atoms with Crippen LogP contribution in [0.25, 0.3) is 0 Å². The molecule has 0 aliphatic heterocycles. The van der Waals surface area contributed by atoms with E-state index in [4.69, 9.17) is 10.2 Å². The smallest absolute Gasteiger partial charge is 0.0681 e. The van der Waals surface area contributed by atoms with Gasteiger partial charge in [0.05, 0.1) is 6.61 Å². The Hall–Kier alpha value is -0.900. The number of hydrogen-bond donors (Lipinski definition) is 3. The minimum atomic E-state index is 0.0866. The lowest BCUT2D eigenvalue weighted by Gasteiger charge is -2.23. The van der Waals surface area contributed by atoms with E-state index in [1.54, 1.807) is 0 Å². The van der Waals surface area contributed by atoms with Crippen LogP contribution >= 0.6 is 0 Å². The molecule has 3 nitrogen and oxygen atoms in total. The Balaban J connectivity index is 1.98. The molecule has 0 spiro atoms. The second kappa shape index (κ2) is 6.32. The SMILES string of the molecule is CC(NC(CCO)C1CC1)c1cccc(CO)c1. The average molecular weight is 249 g/mol. The van der Waals surface area contributed by atoms with Gasteiger partial charge in [-0.25, -0.2) is 0 Å². The predicted octanol–water partition coefficient (Wildman–Crippen LogP) is 1.99. The van der Waals surface area contributed by atoms with E-state index in [-0.39, 0.29) is 19.3 Å². The fourth-order valence-corrected chi connectivity index (χ4v) is 2.47. The Kier molecular flexibility index (Phi) is 4.75. The Morgan fingerprint density at radius 2 is 2.11 bits per heavy atom. The molecule has 18 heavy (non-hydrogen) atoms. The first-order chi connectivity index (χ1) is 8.74. The van der Waals surface area contributed by atoms with Crippen LogP contribution in [-0.2, 0) is 6.61 Å². The van der Waals surface area contributed by atoms with E-state index in [0.717, 1.165) is 17.9 Å². The van der Waals surface area contributed by atoms with Crippen molar-refractivity contribution in [3.05, 3.63) is 35.4 Å². The van der Waals surface area contributed by atoms with Crippen molar-refractivity contribution < 1.29 is 10.2 Å². The molecule has 2 unspecified atom stereocenters. The number of aliphatic hydroxyl groups excluding tert-OH is 2. The van der Waals surface area contributed by atoms with E-state index >= 15 is 0 Å². The number of hydrogen-bond acceptors (Lipinski definition) is 3. The van der Waals surface area contributed by atoms with E-state index < -0.39 is 0 Å². The number of benzene rings is 1. The summed E-state index contributed by atoms with van der Waals surface area (Å²) in [7, 11) is 0. The maximum atomic E-state index is 9.15. The van der Waals surface area contributed by atoms with Crippen LogP contribution in [-0.4, -0.2) is 22.9 Å². The fraction of sp³-hybridized carbons (Fsp3) is 0.600. The van der Waals surface area contributed by atoms with Gasteiger partial charge in [0.15, 0.2) is 0 Å². The third-order valence-electron chi connectivity index (χ3n) is 3.73. The zero-order valence-corrected chi connectivity index (χ0v) is 11.0. The summed E-state index contributed by atoms with van der Waals surface area (Å²) in [5.74, 6) is 0.737. The molecule has 1 aliphatic rings. The highest BCUT2D eigenvalue weighted by atomic mass is 16.3. The van der Waals surface area contributed by atoms with Crippen molar-refractivity contribution >= 4 is 0 Å². The summed E-state index contributed by atoms with van der Waals surface area (Å²) in [6.07, 6.45) is 3.39. The molecule has 0 aromatic heterocycles. The Bertz CT molecular complexity index is 377. The monoisotopic (exact) mass is 249 g/mol. The van der Waals surface area contributed by atoms with Gasteiger partial charge in [-0.15, -0.1) is 0 Å². The molecule has 0 bridgehead atoms. The van der Waals surface area contributed by atoms with Crippen LogP contribution in [0, 0.1) is 5.92 Å². The highest BCUT2D eigenvalue weighted by molar-refractivity contribution is 5.25. The summed E-state index contributed by atoms with van der Waals surface area (Å²) in [6.45, 7) is 2.48. The van der Waals surface area contributed by atoms with Crippen LogP contribution in [0.2, 0.25) is 0 Å². The lowest BCUT2D eigenvalue weighted by atomic mass is 10.0. The van der Waals surface area contributed by atoms with Crippen LogP contribution in [0.1, 0.15) is 43.4 Å². The quantitative estimate of drug-likeness (QED) is 0.692. The minimum Gasteiger partial charge on any atom is -0.396 e. The highest BCUT2D eigenvalue weighted by Crippen LogP contribution is 2.35. The summed E-state index contributed by atoms with van der Waals surface area (Å²) in [4.78, 5) is 0. The van der Waals surface area contributed by atoms with Crippen molar-refractivity contribution in [2.45, 2.75) is 44.9 Å². The van der Waals surface area contributed by atoms with Gasteiger partial charge in [0.2, 0.25) is 0 Å². The molecule has 3 N–H and O–H groups in total. The summed E-state index contributed by atoms with van der Waals surface area (Å²) < 4.78 is 0. The van der Waals surface area contributed by atoms with Crippen molar-refractivity contribution in [2.24, 2.45) is 5.92 Å². The van der Waals surface area contributed by atoms with Crippen molar-refractivity contribution in [3.8, 4) is 0 Å².